The van der Waals surface area contributed by atoms with Crippen molar-refractivity contribution >= 4 is 0 Å². The van der Waals surface area contributed by atoms with Gasteiger partial charge in [-0.2, -0.15) is 0 Å². The van der Waals surface area contributed by atoms with Gasteiger partial charge in [-0.1, -0.05) is 6.92 Å². The van der Waals surface area contributed by atoms with Gasteiger partial charge < -0.3 is 19.3 Å². The fourth-order valence-corrected chi connectivity index (χ4v) is 1.64. The zero-order chi connectivity index (χ0) is 9.84. The number of aliphatic hydroxyl groups excluding tert-OH is 1. The molecule has 1 rings (SSSR count). The molecule has 1 fully saturated rings. The third kappa shape index (κ3) is 2.64. The molecule has 0 amide bonds. The first-order valence-electron chi connectivity index (χ1n) is 4.54. The van der Waals surface area contributed by atoms with Crippen molar-refractivity contribution in [3.8, 4) is 0 Å². The van der Waals surface area contributed by atoms with Gasteiger partial charge in [0.25, 0.3) is 0 Å². The van der Waals surface area contributed by atoms with Gasteiger partial charge >= 0.3 is 0 Å². The van der Waals surface area contributed by atoms with E-state index < -0.39 is 6.29 Å². The quantitative estimate of drug-likeness (QED) is 0.699. The van der Waals surface area contributed by atoms with Crippen LogP contribution in [0, 0.1) is 5.92 Å². The van der Waals surface area contributed by atoms with Crippen molar-refractivity contribution in [1.29, 1.82) is 0 Å². The third-order valence-electron chi connectivity index (χ3n) is 2.52. The van der Waals surface area contributed by atoms with Gasteiger partial charge in [-0.25, -0.2) is 0 Å². The van der Waals surface area contributed by atoms with E-state index in [0.29, 0.717) is 6.61 Å². The molecule has 0 aromatic rings. The van der Waals surface area contributed by atoms with Crippen LogP contribution in [0.4, 0.5) is 0 Å². The molecular formula is C9H18O4. The second-order valence-electron chi connectivity index (χ2n) is 3.47. The van der Waals surface area contributed by atoms with Crippen molar-refractivity contribution in [1.82, 2.24) is 0 Å². The molecule has 0 aromatic heterocycles. The number of methoxy groups -OCH3 is 2. The van der Waals surface area contributed by atoms with Crippen molar-refractivity contribution in [2.45, 2.75) is 31.8 Å². The van der Waals surface area contributed by atoms with Crippen molar-refractivity contribution in [3.05, 3.63) is 0 Å². The Morgan fingerprint density at radius 3 is 2.69 bits per heavy atom. The Hall–Kier alpha value is -0.160. The van der Waals surface area contributed by atoms with Crippen LogP contribution in [-0.2, 0) is 14.2 Å². The summed E-state index contributed by atoms with van der Waals surface area (Å²) in [5.74, 6) is 0.0260. The molecule has 1 heterocycles. The highest BCUT2D eigenvalue weighted by atomic mass is 16.6. The lowest BCUT2D eigenvalue weighted by atomic mass is 9.95. The predicted octanol–water partition coefficient (Wildman–Crippen LogP) is 0.391. The molecule has 1 N–H and O–H groups in total. The number of hydrogen-bond donors (Lipinski definition) is 1. The van der Waals surface area contributed by atoms with E-state index in [1.165, 1.54) is 0 Å². The Bertz CT molecular complexity index is 151. The lowest BCUT2D eigenvalue weighted by molar-refractivity contribution is -0.232. The van der Waals surface area contributed by atoms with Gasteiger partial charge in [-0.05, 0) is 0 Å². The minimum Gasteiger partial charge on any atom is -0.382 e. The molecule has 0 saturated carbocycles. The molecule has 4 heteroatoms. The van der Waals surface area contributed by atoms with Crippen LogP contribution in [0.25, 0.3) is 0 Å². The van der Waals surface area contributed by atoms with Gasteiger partial charge in [0.1, 0.15) is 0 Å². The van der Waals surface area contributed by atoms with E-state index in [0.717, 1.165) is 6.42 Å². The highest BCUT2D eigenvalue weighted by Gasteiger charge is 2.34. The van der Waals surface area contributed by atoms with E-state index in [1.54, 1.807) is 14.2 Å². The molecule has 1 saturated heterocycles. The molecule has 0 aliphatic carbocycles. The summed E-state index contributed by atoms with van der Waals surface area (Å²) in [5.41, 5.74) is 0. The summed E-state index contributed by atoms with van der Waals surface area (Å²) in [4.78, 5) is 0. The van der Waals surface area contributed by atoms with Crippen LogP contribution in [0.2, 0.25) is 0 Å². The zero-order valence-corrected chi connectivity index (χ0v) is 8.40. The molecule has 2 unspecified atom stereocenters. The average molecular weight is 190 g/mol. The maximum Gasteiger partial charge on any atom is 0.160 e. The summed E-state index contributed by atoms with van der Waals surface area (Å²) in [6, 6.07) is 0. The lowest BCUT2D eigenvalue weighted by Crippen LogP contribution is -2.45. The molecule has 1 aliphatic heterocycles. The monoisotopic (exact) mass is 190 g/mol. The van der Waals surface area contributed by atoms with Gasteiger partial charge in [0.2, 0.25) is 0 Å². The predicted molar refractivity (Wildman–Crippen MR) is 47.3 cm³/mol. The van der Waals surface area contributed by atoms with Crippen molar-refractivity contribution in [2.75, 3.05) is 20.8 Å². The Balaban J connectivity index is 2.47. The fraction of sp³-hybridized carbons (Fsp3) is 1.00. The van der Waals surface area contributed by atoms with Crippen molar-refractivity contribution in [3.63, 3.8) is 0 Å². The van der Waals surface area contributed by atoms with Crippen LogP contribution in [0.5, 0.6) is 0 Å². The molecule has 0 aromatic carbocycles. The highest BCUT2D eigenvalue weighted by Crippen LogP contribution is 2.25. The van der Waals surface area contributed by atoms with Crippen molar-refractivity contribution < 1.29 is 19.3 Å². The minimum absolute atomic E-state index is 0.0260. The minimum atomic E-state index is -0.737. The van der Waals surface area contributed by atoms with Gasteiger partial charge in [-0.15, -0.1) is 0 Å². The average Bonchev–Trinajstić information content (AvgIpc) is 2.11. The normalized spacial score (nSPS) is 40.6. The molecule has 4 atom stereocenters. The van der Waals surface area contributed by atoms with Gasteiger partial charge in [0, 0.05) is 26.6 Å². The topological polar surface area (TPSA) is 47.9 Å². The molecule has 0 spiro atoms. The number of ether oxygens (including phenoxy) is 3. The second kappa shape index (κ2) is 4.91. The summed E-state index contributed by atoms with van der Waals surface area (Å²) in [7, 11) is 3.28. The smallest absolute Gasteiger partial charge is 0.160 e. The van der Waals surface area contributed by atoms with Crippen LogP contribution in [-0.4, -0.2) is 44.4 Å². The molecule has 1 aliphatic rings. The summed E-state index contributed by atoms with van der Waals surface area (Å²) in [6.07, 6.45) is 0.0478. The van der Waals surface area contributed by atoms with E-state index in [4.69, 9.17) is 14.2 Å². The van der Waals surface area contributed by atoms with E-state index in [9.17, 15) is 5.11 Å². The van der Waals surface area contributed by atoms with Crippen LogP contribution in [0.1, 0.15) is 13.3 Å². The van der Waals surface area contributed by atoms with Gasteiger partial charge in [-0.3, -0.25) is 0 Å². The Kier molecular flexibility index (Phi) is 4.12. The Morgan fingerprint density at radius 1 is 1.46 bits per heavy atom. The first-order chi connectivity index (χ1) is 6.19. The summed E-state index contributed by atoms with van der Waals surface area (Å²) in [6.45, 7) is 2.42. The summed E-state index contributed by atoms with van der Waals surface area (Å²) in [5, 5.41) is 9.52. The highest BCUT2D eigenvalue weighted by molar-refractivity contribution is 4.79. The van der Waals surface area contributed by atoms with Crippen molar-refractivity contribution in [2.24, 2.45) is 5.92 Å². The standard InChI is InChI=1S/C9H18O4/c1-6-8(12-3)4-7(5-11-2)13-9(6)10/h6-10H,4-5H2,1-3H3/t6-,7+,8?,9?/m1/s1. The SMILES string of the molecule is COC[C@@H]1CC(OC)[C@@H](C)C(O)O1. The maximum absolute atomic E-state index is 9.52. The molecule has 0 bridgehead atoms. The molecule has 13 heavy (non-hydrogen) atoms. The number of hydrogen-bond acceptors (Lipinski definition) is 4. The van der Waals surface area contributed by atoms with E-state index >= 15 is 0 Å². The largest absolute Gasteiger partial charge is 0.382 e. The van der Waals surface area contributed by atoms with Gasteiger partial charge in [0.05, 0.1) is 18.8 Å². The van der Waals surface area contributed by atoms with Gasteiger partial charge in [0.15, 0.2) is 6.29 Å². The van der Waals surface area contributed by atoms with E-state index in [1.807, 2.05) is 6.92 Å². The first-order valence-corrected chi connectivity index (χ1v) is 4.54. The van der Waals surface area contributed by atoms with Crippen LogP contribution < -0.4 is 0 Å². The van der Waals surface area contributed by atoms with Crippen LogP contribution in [0.3, 0.4) is 0 Å². The molecule has 0 radical (unpaired) electrons. The van der Waals surface area contributed by atoms with E-state index in [2.05, 4.69) is 0 Å². The zero-order valence-electron chi connectivity index (χ0n) is 8.40. The van der Waals surface area contributed by atoms with Crippen LogP contribution >= 0.6 is 0 Å². The lowest BCUT2D eigenvalue weighted by Gasteiger charge is -2.36. The summed E-state index contributed by atoms with van der Waals surface area (Å²) < 4.78 is 15.5. The third-order valence-corrected chi connectivity index (χ3v) is 2.52. The Labute approximate surface area is 78.8 Å². The molecule has 78 valence electrons. The molecular weight excluding hydrogens is 172 g/mol. The fourth-order valence-electron chi connectivity index (χ4n) is 1.64. The second-order valence-corrected chi connectivity index (χ2v) is 3.47. The van der Waals surface area contributed by atoms with E-state index in [-0.39, 0.29) is 18.1 Å². The number of aliphatic hydroxyl groups is 1. The Morgan fingerprint density at radius 2 is 2.15 bits per heavy atom. The first kappa shape index (κ1) is 10.9. The summed E-state index contributed by atoms with van der Waals surface area (Å²) >= 11 is 0. The van der Waals surface area contributed by atoms with Crippen LogP contribution in [0.15, 0.2) is 0 Å². The number of rotatable bonds is 3. The maximum atomic E-state index is 9.52. The molecule has 4 nitrogen and oxygen atoms in total.